The van der Waals surface area contributed by atoms with E-state index in [1.165, 1.54) is 4.90 Å². The molecule has 1 aliphatic rings. The molecule has 1 aromatic carbocycles. The SMILES string of the molecule is Cn1cc(-c2nnc(-c3ccccc3OC3CCCN(CC(F)(F)F)C3)c3sccc23)cn1. The first-order chi connectivity index (χ1) is 15.9. The van der Waals surface area contributed by atoms with E-state index in [0.717, 1.165) is 26.9 Å². The monoisotopic (exact) mass is 473 g/mol. The zero-order valence-corrected chi connectivity index (χ0v) is 18.7. The summed E-state index contributed by atoms with van der Waals surface area (Å²) in [6, 6.07) is 9.53. The summed E-state index contributed by atoms with van der Waals surface area (Å²) < 4.78 is 47.5. The Morgan fingerprint density at radius 2 is 1.97 bits per heavy atom. The maximum atomic E-state index is 12.9. The van der Waals surface area contributed by atoms with Gasteiger partial charge in [0.05, 0.1) is 17.4 Å². The molecule has 1 atom stereocenters. The van der Waals surface area contributed by atoms with Gasteiger partial charge in [-0.2, -0.15) is 18.3 Å². The Kier molecular flexibility index (Phi) is 5.79. The summed E-state index contributed by atoms with van der Waals surface area (Å²) in [5, 5.41) is 16.2. The van der Waals surface area contributed by atoms with E-state index < -0.39 is 12.7 Å². The number of likely N-dealkylation sites (tertiary alicyclic amines) is 1. The number of aromatic nitrogens is 4. The molecule has 0 N–H and O–H groups in total. The van der Waals surface area contributed by atoms with Crippen molar-refractivity contribution in [1.82, 2.24) is 24.9 Å². The molecule has 0 spiro atoms. The topological polar surface area (TPSA) is 56.1 Å². The highest BCUT2D eigenvalue weighted by molar-refractivity contribution is 7.17. The Morgan fingerprint density at radius 1 is 1.15 bits per heavy atom. The summed E-state index contributed by atoms with van der Waals surface area (Å²) in [6.45, 7) is -0.238. The molecule has 0 radical (unpaired) electrons. The van der Waals surface area contributed by atoms with Crippen LogP contribution in [0.5, 0.6) is 5.75 Å². The number of piperidine rings is 1. The van der Waals surface area contributed by atoms with Crippen molar-refractivity contribution in [3.05, 3.63) is 48.1 Å². The van der Waals surface area contributed by atoms with E-state index in [9.17, 15) is 13.2 Å². The summed E-state index contributed by atoms with van der Waals surface area (Å²) >= 11 is 1.57. The highest BCUT2D eigenvalue weighted by Gasteiger charge is 2.33. The van der Waals surface area contributed by atoms with Gasteiger partial charge < -0.3 is 4.74 Å². The third-order valence-electron chi connectivity index (χ3n) is 5.66. The maximum absolute atomic E-state index is 12.9. The van der Waals surface area contributed by atoms with Crippen molar-refractivity contribution in [3.63, 3.8) is 0 Å². The van der Waals surface area contributed by atoms with Gasteiger partial charge in [0, 0.05) is 36.3 Å². The first-order valence-electron chi connectivity index (χ1n) is 10.7. The van der Waals surface area contributed by atoms with Gasteiger partial charge in [-0.25, -0.2) is 0 Å². The number of fused-ring (bicyclic) bond motifs is 1. The molecule has 0 saturated carbocycles. The number of thiophene rings is 1. The van der Waals surface area contributed by atoms with Crippen LogP contribution in [-0.4, -0.2) is 56.8 Å². The van der Waals surface area contributed by atoms with Gasteiger partial charge in [0.2, 0.25) is 0 Å². The van der Waals surface area contributed by atoms with Gasteiger partial charge >= 0.3 is 6.18 Å². The largest absolute Gasteiger partial charge is 0.488 e. The van der Waals surface area contributed by atoms with Crippen molar-refractivity contribution >= 4 is 21.4 Å². The summed E-state index contributed by atoms with van der Waals surface area (Å²) in [5.74, 6) is 0.606. The van der Waals surface area contributed by atoms with E-state index in [0.29, 0.717) is 30.8 Å². The average Bonchev–Trinajstić information content (AvgIpc) is 3.42. The van der Waals surface area contributed by atoms with Crippen molar-refractivity contribution in [1.29, 1.82) is 0 Å². The van der Waals surface area contributed by atoms with Gasteiger partial charge in [-0.1, -0.05) is 12.1 Å². The highest BCUT2D eigenvalue weighted by Crippen LogP contribution is 2.39. The van der Waals surface area contributed by atoms with Crippen LogP contribution in [0.2, 0.25) is 0 Å². The van der Waals surface area contributed by atoms with Gasteiger partial charge in [0.15, 0.2) is 0 Å². The number of ether oxygens (including phenoxy) is 1. The van der Waals surface area contributed by atoms with Crippen LogP contribution in [0.1, 0.15) is 12.8 Å². The van der Waals surface area contributed by atoms with Gasteiger partial charge in [-0.15, -0.1) is 21.5 Å². The molecule has 0 aliphatic carbocycles. The Hall–Kier alpha value is -2.98. The molecule has 0 amide bonds. The van der Waals surface area contributed by atoms with Gasteiger partial charge in [-0.05, 0) is 43.0 Å². The number of halogens is 3. The second kappa shape index (κ2) is 8.75. The zero-order valence-electron chi connectivity index (χ0n) is 17.9. The third kappa shape index (κ3) is 4.72. The van der Waals surface area contributed by atoms with Gasteiger partial charge in [0.1, 0.15) is 23.2 Å². The van der Waals surface area contributed by atoms with Crippen LogP contribution >= 0.6 is 11.3 Å². The third-order valence-corrected chi connectivity index (χ3v) is 6.59. The number of hydrogen-bond acceptors (Lipinski definition) is 6. The van der Waals surface area contributed by atoms with Gasteiger partial charge in [0.25, 0.3) is 0 Å². The zero-order chi connectivity index (χ0) is 23.0. The molecular formula is C23H22F3N5OS. The highest BCUT2D eigenvalue weighted by atomic mass is 32.1. The number of hydrogen-bond donors (Lipinski definition) is 0. The minimum absolute atomic E-state index is 0.244. The molecule has 6 nitrogen and oxygen atoms in total. The van der Waals surface area contributed by atoms with E-state index in [2.05, 4.69) is 15.3 Å². The number of para-hydroxylation sites is 1. The average molecular weight is 474 g/mol. The van der Waals surface area contributed by atoms with E-state index in [1.807, 2.05) is 49.0 Å². The maximum Gasteiger partial charge on any atom is 0.401 e. The van der Waals surface area contributed by atoms with Crippen LogP contribution in [0.3, 0.4) is 0 Å². The van der Waals surface area contributed by atoms with Crippen LogP contribution in [0, 0.1) is 0 Å². The van der Waals surface area contributed by atoms with Crippen LogP contribution in [-0.2, 0) is 7.05 Å². The molecule has 1 aliphatic heterocycles. The lowest BCUT2D eigenvalue weighted by molar-refractivity contribution is -0.150. The molecule has 0 bridgehead atoms. The first kappa shape index (κ1) is 21.8. The smallest absolute Gasteiger partial charge is 0.401 e. The Bertz CT molecular complexity index is 1270. The molecule has 5 rings (SSSR count). The number of rotatable bonds is 5. The first-order valence-corrected chi connectivity index (χ1v) is 11.5. The minimum atomic E-state index is -4.21. The molecule has 10 heteroatoms. The Morgan fingerprint density at radius 3 is 2.76 bits per heavy atom. The summed E-state index contributed by atoms with van der Waals surface area (Å²) in [6.07, 6.45) is 0.501. The molecule has 33 heavy (non-hydrogen) atoms. The van der Waals surface area contributed by atoms with Gasteiger partial charge in [-0.3, -0.25) is 9.58 Å². The van der Waals surface area contributed by atoms with Crippen LogP contribution in [0.25, 0.3) is 32.6 Å². The van der Waals surface area contributed by atoms with Crippen LogP contribution in [0.4, 0.5) is 13.2 Å². The number of nitrogens with zero attached hydrogens (tertiary/aromatic N) is 5. The van der Waals surface area contributed by atoms with Crippen molar-refractivity contribution < 1.29 is 17.9 Å². The summed E-state index contributed by atoms with van der Waals surface area (Å²) in [7, 11) is 1.85. The Balaban J connectivity index is 1.45. The minimum Gasteiger partial charge on any atom is -0.488 e. The van der Waals surface area contributed by atoms with Crippen LogP contribution in [0.15, 0.2) is 48.1 Å². The fourth-order valence-electron chi connectivity index (χ4n) is 4.26. The Labute approximate surface area is 192 Å². The van der Waals surface area contributed by atoms with E-state index in [-0.39, 0.29) is 12.6 Å². The molecular weight excluding hydrogens is 451 g/mol. The normalized spacial score (nSPS) is 17.5. The standard InChI is InChI=1S/C23H22F3N5OS/c1-30-12-15(11-27-30)20-18-8-10-33-22(18)21(29-28-20)17-6-2-3-7-19(17)32-16-5-4-9-31(13-16)14-23(24,25)26/h2-3,6-8,10-12,16H,4-5,9,13-14H2,1H3. The predicted molar refractivity (Wildman–Crippen MR) is 121 cm³/mol. The second-order valence-corrected chi connectivity index (χ2v) is 9.11. The van der Waals surface area contributed by atoms with Crippen molar-refractivity contribution in [3.8, 4) is 28.3 Å². The van der Waals surface area contributed by atoms with Crippen molar-refractivity contribution in [2.24, 2.45) is 7.05 Å². The lowest BCUT2D eigenvalue weighted by Crippen LogP contribution is -2.45. The van der Waals surface area contributed by atoms with Crippen molar-refractivity contribution in [2.45, 2.75) is 25.1 Å². The number of aryl methyl sites for hydroxylation is 1. The molecule has 4 aromatic rings. The number of alkyl halides is 3. The predicted octanol–water partition coefficient (Wildman–Crippen LogP) is 5.16. The molecule has 4 heterocycles. The van der Waals surface area contributed by atoms with Crippen LogP contribution < -0.4 is 4.74 Å². The summed E-state index contributed by atoms with van der Waals surface area (Å²) in [5.41, 5.74) is 3.13. The number of benzene rings is 1. The second-order valence-electron chi connectivity index (χ2n) is 8.19. The fraction of sp³-hybridized carbons (Fsp3) is 0.348. The summed E-state index contributed by atoms with van der Waals surface area (Å²) in [4.78, 5) is 1.41. The molecule has 172 valence electrons. The van der Waals surface area contributed by atoms with E-state index in [1.54, 1.807) is 22.2 Å². The molecule has 1 fully saturated rings. The molecule has 1 unspecified atom stereocenters. The lowest BCUT2D eigenvalue weighted by Gasteiger charge is -2.33. The fourth-order valence-corrected chi connectivity index (χ4v) is 5.16. The quantitative estimate of drug-likeness (QED) is 0.401. The lowest BCUT2D eigenvalue weighted by atomic mass is 10.1. The van der Waals surface area contributed by atoms with Crippen molar-refractivity contribution in [2.75, 3.05) is 19.6 Å². The molecule has 1 saturated heterocycles. The van der Waals surface area contributed by atoms with E-state index >= 15 is 0 Å². The molecule has 3 aromatic heterocycles. The van der Waals surface area contributed by atoms with E-state index in [4.69, 9.17) is 4.74 Å².